The smallest absolute Gasteiger partial charge is 0.295 e. The zero-order valence-corrected chi connectivity index (χ0v) is 18.3. The molecule has 0 spiro atoms. The van der Waals surface area contributed by atoms with Crippen molar-refractivity contribution in [2.75, 3.05) is 5.32 Å². The van der Waals surface area contributed by atoms with Crippen molar-refractivity contribution >= 4 is 11.6 Å². The molecule has 8 nitrogen and oxygen atoms in total. The van der Waals surface area contributed by atoms with Gasteiger partial charge in [-0.15, -0.1) is 0 Å². The van der Waals surface area contributed by atoms with Crippen LogP contribution in [0.3, 0.4) is 0 Å². The summed E-state index contributed by atoms with van der Waals surface area (Å²) in [5.74, 6) is -0.953. The molecule has 0 saturated heterocycles. The van der Waals surface area contributed by atoms with Crippen LogP contribution >= 0.6 is 0 Å². The van der Waals surface area contributed by atoms with E-state index in [0.29, 0.717) is 22.6 Å². The average Bonchev–Trinajstić information content (AvgIpc) is 3.03. The molecule has 0 fully saturated rings. The van der Waals surface area contributed by atoms with Crippen LogP contribution in [-0.2, 0) is 11.8 Å². The standard InChI is InChI=1S/C24H22FN5O3/c1-15-22(24(33)30(28(15)3)19-7-5-4-6-8-19)26-23(32)16(2)29-21(31)14-13-20(27-29)17-9-11-18(25)12-10-17/h4-14,16H,1-3H3,(H,26,32)/t16-/m1/s1. The second-order valence-corrected chi connectivity index (χ2v) is 7.61. The van der Waals surface area contributed by atoms with Crippen molar-refractivity contribution in [2.24, 2.45) is 7.05 Å². The fourth-order valence-corrected chi connectivity index (χ4v) is 3.53. The molecule has 4 aromatic rings. The zero-order chi connectivity index (χ0) is 23.7. The van der Waals surface area contributed by atoms with Crippen LogP contribution in [0, 0.1) is 12.7 Å². The molecule has 0 unspecified atom stereocenters. The number of rotatable bonds is 5. The van der Waals surface area contributed by atoms with Crippen molar-refractivity contribution in [1.82, 2.24) is 19.1 Å². The Morgan fingerprint density at radius 1 is 1.00 bits per heavy atom. The first-order valence-electron chi connectivity index (χ1n) is 10.3. The lowest BCUT2D eigenvalue weighted by atomic mass is 10.1. The van der Waals surface area contributed by atoms with Gasteiger partial charge in [-0.1, -0.05) is 18.2 Å². The van der Waals surface area contributed by atoms with Crippen molar-refractivity contribution in [3.63, 3.8) is 0 Å². The molecule has 9 heteroatoms. The highest BCUT2D eigenvalue weighted by Gasteiger charge is 2.23. The van der Waals surface area contributed by atoms with Gasteiger partial charge in [0, 0.05) is 18.7 Å². The largest absolute Gasteiger partial charge is 0.318 e. The maximum atomic E-state index is 13.2. The molecule has 0 aliphatic rings. The Morgan fingerprint density at radius 3 is 2.33 bits per heavy atom. The van der Waals surface area contributed by atoms with Crippen molar-refractivity contribution < 1.29 is 9.18 Å². The van der Waals surface area contributed by atoms with E-state index < -0.39 is 17.5 Å². The highest BCUT2D eigenvalue weighted by molar-refractivity contribution is 5.93. The van der Waals surface area contributed by atoms with E-state index in [1.165, 1.54) is 48.0 Å². The van der Waals surface area contributed by atoms with E-state index in [1.807, 2.05) is 18.2 Å². The summed E-state index contributed by atoms with van der Waals surface area (Å²) >= 11 is 0. The van der Waals surface area contributed by atoms with Gasteiger partial charge in [0.2, 0.25) is 5.91 Å². The van der Waals surface area contributed by atoms with Crippen molar-refractivity contribution in [1.29, 1.82) is 0 Å². The quantitative estimate of drug-likeness (QED) is 0.509. The molecule has 2 aromatic heterocycles. The third-order valence-electron chi connectivity index (χ3n) is 5.51. The number of halogens is 1. The van der Waals surface area contributed by atoms with Gasteiger partial charge in [0.25, 0.3) is 11.1 Å². The summed E-state index contributed by atoms with van der Waals surface area (Å²) in [6.45, 7) is 3.24. The third-order valence-corrected chi connectivity index (χ3v) is 5.51. The predicted octanol–water partition coefficient (Wildman–Crippen LogP) is 3.05. The summed E-state index contributed by atoms with van der Waals surface area (Å²) < 4.78 is 17.4. The summed E-state index contributed by atoms with van der Waals surface area (Å²) in [5.41, 5.74) is 1.49. The highest BCUT2D eigenvalue weighted by Crippen LogP contribution is 2.18. The SMILES string of the molecule is Cc1c(NC(=O)[C@@H](C)n2nc(-c3ccc(F)cc3)ccc2=O)c(=O)n(-c2ccccc2)n1C. The molecule has 4 rings (SSSR count). The van der Waals surface area contributed by atoms with Crippen LogP contribution in [0.2, 0.25) is 0 Å². The number of amides is 1. The first-order chi connectivity index (χ1) is 15.8. The molecule has 0 aliphatic heterocycles. The number of nitrogens with zero attached hydrogens (tertiary/aromatic N) is 4. The van der Waals surface area contributed by atoms with Crippen LogP contribution < -0.4 is 16.4 Å². The summed E-state index contributed by atoms with van der Waals surface area (Å²) in [7, 11) is 1.72. The van der Waals surface area contributed by atoms with Gasteiger partial charge in [-0.05, 0) is 56.3 Å². The Hall–Kier alpha value is -4.27. The minimum atomic E-state index is -0.998. The van der Waals surface area contributed by atoms with Crippen LogP contribution in [0.25, 0.3) is 16.9 Å². The molecule has 0 saturated carbocycles. The fourth-order valence-electron chi connectivity index (χ4n) is 3.53. The lowest BCUT2D eigenvalue weighted by Gasteiger charge is -2.14. The van der Waals surface area contributed by atoms with E-state index >= 15 is 0 Å². The summed E-state index contributed by atoms with van der Waals surface area (Å²) in [4.78, 5) is 38.5. The second-order valence-electron chi connectivity index (χ2n) is 7.61. The van der Waals surface area contributed by atoms with Gasteiger partial charge in [0.1, 0.15) is 17.5 Å². The molecule has 0 bridgehead atoms. The molecule has 33 heavy (non-hydrogen) atoms. The van der Waals surface area contributed by atoms with Gasteiger partial charge in [-0.2, -0.15) is 5.10 Å². The number of benzene rings is 2. The van der Waals surface area contributed by atoms with Crippen molar-refractivity contribution in [3.05, 3.63) is 98.9 Å². The maximum absolute atomic E-state index is 13.2. The minimum Gasteiger partial charge on any atom is -0.318 e. The van der Waals surface area contributed by atoms with Crippen LogP contribution in [0.1, 0.15) is 18.7 Å². The molecular weight excluding hydrogens is 425 g/mol. The molecule has 1 N–H and O–H groups in total. The number of carbonyl (C=O) groups excluding carboxylic acids is 1. The Morgan fingerprint density at radius 2 is 1.67 bits per heavy atom. The van der Waals surface area contributed by atoms with Gasteiger partial charge in [0.15, 0.2) is 0 Å². The highest BCUT2D eigenvalue weighted by atomic mass is 19.1. The average molecular weight is 447 g/mol. The van der Waals surface area contributed by atoms with Gasteiger partial charge in [-0.25, -0.2) is 13.8 Å². The van der Waals surface area contributed by atoms with Crippen molar-refractivity contribution in [2.45, 2.75) is 19.9 Å². The number of aromatic nitrogens is 4. The zero-order valence-electron chi connectivity index (χ0n) is 18.3. The first-order valence-corrected chi connectivity index (χ1v) is 10.3. The Bertz CT molecular complexity index is 1440. The molecule has 1 atom stereocenters. The van der Waals surface area contributed by atoms with Gasteiger partial charge in [0.05, 0.1) is 17.1 Å². The van der Waals surface area contributed by atoms with Crippen LogP contribution in [0.4, 0.5) is 10.1 Å². The van der Waals surface area contributed by atoms with Gasteiger partial charge >= 0.3 is 0 Å². The van der Waals surface area contributed by atoms with E-state index in [2.05, 4.69) is 10.4 Å². The van der Waals surface area contributed by atoms with E-state index in [-0.39, 0.29) is 17.1 Å². The topological polar surface area (TPSA) is 90.9 Å². The number of hydrogen-bond acceptors (Lipinski definition) is 4. The fraction of sp³-hybridized carbons (Fsp3) is 0.167. The van der Waals surface area contributed by atoms with E-state index in [0.717, 1.165) is 4.68 Å². The lowest BCUT2D eigenvalue weighted by Crippen LogP contribution is -2.34. The molecule has 168 valence electrons. The second kappa shape index (κ2) is 8.70. The number of hydrogen-bond donors (Lipinski definition) is 1. The number of anilines is 1. The van der Waals surface area contributed by atoms with E-state index in [4.69, 9.17) is 0 Å². The normalized spacial score (nSPS) is 11.9. The monoisotopic (exact) mass is 447 g/mol. The third kappa shape index (κ3) is 4.12. The molecule has 0 radical (unpaired) electrons. The summed E-state index contributed by atoms with van der Waals surface area (Å²) in [5, 5.41) is 6.94. The van der Waals surface area contributed by atoms with Gasteiger partial charge < -0.3 is 5.32 Å². The molecule has 0 aliphatic carbocycles. The molecule has 2 heterocycles. The Kier molecular flexibility index (Phi) is 5.78. The first kappa shape index (κ1) is 21.9. The molecular formula is C24H22FN5O3. The summed E-state index contributed by atoms with van der Waals surface area (Å²) in [6.07, 6.45) is 0. The number of nitrogens with one attached hydrogen (secondary N) is 1. The number of carbonyl (C=O) groups is 1. The molecule has 2 aromatic carbocycles. The Balaban J connectivity index is 1.65. The van der Waals surface area contributed by atoms with Crippen LogP contribution in [0.5, 0.6) is 0 Å². The van der Waals surface area contributed by atoms with Crippen molar-refractivity contribution in [3.8, 4) is 16.9 Å². The minimum absolute atomic E-state index is 0.126. The molecule has 1 amide bonds. The summed E-state index contributed by atoms with van der Waals surface area (Å²) in [6, 6.07) is 16.5. The number of para-hydroxylation sites is 1. The van der Waals surface area contributed by atoms with E-state index in [1.54, 1.807) is 30.8 Å². The Labute approximate surface area is 188 Å². The van der Waals surface area contributed by atoms with Crippen LogP contribution in [-0.4, -0.2) is 25.1 Å². The lowest BCUT2D eigenvalue weighted by molar-refractivity contribution is -0.119. The van der Waals surface area contributed by atoms with Crippen LogP contribution in [0.15, 0.2) is 76.3 Å². The van der Waals surface area contributed by atoms with Gasteiger partial charge in [-0.3, -0.25) is 19.1 Å². The predicted molar refractivity (Wildman–Crippen MR) is 123 cm³/mol. The van der Waals surface area contributed by atoms with E-state index in [9.17, 15) is 18.8 Å². The maximum Gasteiger partial charge on any atom is 0.295 e.